The van der Waals surface area contributed by atoms with E-state index >= 15 is 0 Å². The molecule has 0 atom stereocenters. The van der Waals surface area contributed by atoms with E-state index in [1.807, 2.05) is 19.9 Å². The number of amides is 1. The molecule has 6 nitrogen and oxygen atoms in total. The summed E-state index contributed by atoms with van der Waals surface area (Å²) >= 11 is 6.50. The summed E-state index contributed by atoms with van der Waals surface area (Å²) in [5.74, 6) is 0.221. The maximum absolute atomic E-state index is 12.9. The molecule has 26 heavy (non-hydrogen) atoms. The smallest absolute Gasteiger partial charge is 0.267 e. The third-order valence-corrected chi connectivity index (χ3v) is 5.13. The zero-order chi connectivity index (χ0) is 18.8. The number of nitrogens with zero attached hydrogens (tertiary/aromatic N) is 3. The number of fused-ring (bicyclic) bond motifs is 1. The first-order valence-corrected chi connectivity index (χ1v) is 9.29. The first-order chi connectivity index (χ1) is 12.4. The van der Waals surface area contributed by atoms with Crippen molar-refractivity contribution in [1.29, 1.82) is 0 Å². The average molecular weight is 387 g/mol. The molecule has 1 saturated heterocycles. The van der Waals surface area contributed by atoms with Gasteiger partial charge in [-0.15, -0.1) is 6.58 Å². The van der Waals surface area contributed by atoms with Crippen molar-refractivity contribution < 1.29 is 4.79 Å². The largest absolute Gasteiger partial charge is 0.366 e. The number of carbonyl (C=O) groups excluding carboxylic acids is 1. The zero-order valence-electron chi connectivity index (χ0n) is 14.4. The molecule has 0 radical (unpaired) electrons. The molecule has 1 fully saturated rings. The molecule has 0 aromatic carbocycles. The molecule has 0 saturated carbocycles. The zero-order valence-corrected chi connectivity index (χ0v) is 16.1. The van der Waals surface area contributed by atoms with Gasteiger partial charge in [0.15, 0.2) is 0 Å². The Hall–Kier alpha value is -2.45. The number of pyridine rings is 1. The number of rotatable bonds is 5. The van der Waals surface area contributed by atoms with Gasteiger partial charge in [0.2, 0.25) is 0 Å². The van der Waals surface area contributed by atoms with Crippen molar-refractivity contribution in [3.05, 3.63) is 57.9 Å². The molecule has 3 heterocycles. The van der Waals surface area contributed by atoms with E-state index in [4.69, 9.17) is 12.2 Å². The molecule has 1 aliphatic heterocycles. The highest BCUT2D eigenvalue weighted by Crippen LogP contribution is 2.34. The van der Waals surface area contributed by atoms with Crippen molar-refractivity contribution in [3.8, 4) is 0 Å². The molecule has 0 aliphatic carbocycles. The quantitative estimate of drug-likeness (QED) is 0.484. The molecular formula is C18H18N4O2S2. The van der Waals surface area contributed by atoms with Gasteiger partial charge in [-0.1, -0.05) is 36.1 Å². The first-order valence-electron chi connectivity index (χ1n) is 8.07. The van der Waals surface area contributed by atoms with Crippen molar-refractivity contribution in [1.82, 2.24) is 14.3 Å². The van der Waals surface area contributed by atoms with Gasteiger partial charge in [0.05, 0.1) is 10.5 Å². The lowest BCUT2D eigenvalue weighted by Gasteiger charge is -2.18. The highest BCUT2D eigenvalue weighted by atomic mass is 32.2. The highest BCUT2D eigenvalue weighted by Gasteiger charge is 2.34. The number of nitrogens with one attached hydrogen (secondary N) is 1. The van der Waals surface area contributed by atoms with E-state index < -0.39 is 0 Å². The first kappa shape index (κ1) is 18.3. The summed E-state index contributed by atoms with van der Waals surface area (Å²) in [7, 11) is 0. The van der Waals surface area contributed by atoms with Gasteiger partial charge < -0.3 is 5.32 Å². The Morgan fingerprint density at radius 1 is 1.38 bits per heavy atom. The topological polar surface area (TPSA) is 66.7 Å². The van der Waals surface area contributed by atoms with Gasteiger partial charge >= 0.3 is 0 Å². The Morgan fingerprint density at radius 2 is 2.15 bits per heavy atom. The van der Waals surface area contributed by atoms with Crippen LogP contribution in [0.1, 0.15) is 19.4 Å². The highest BCUT2D eigenvalue weighted by molar-refractivity contribution is 8.26. The lowest BCUT2D eigenvalue weighted by molar-refractivity contribution is -0.123. The Morgan fingerprint density at radius 3 is 2.81 bits per heavy atom. The van der Waals surface area contributed by atoms with Gasteiger partial charge in [0, 0.05) is 18.8 Å². The Kier molecular flexibility index (Phi) is 5.24. The minimum atomic E-state index is -0.253. The minimum Gasteiger partial charge on any atom is -0.366 e. The second kappa shape index (κ2) is 7.43. The molecule has 0 unspecified atom stereocenters. The SMILES string of the molecule is C=CCNc1nc2ccccn2c(=O)c1/C=C1/SC(=S)N(C(C)C)C1=O. The van der Waals surface area contributed by atoms with E-state index in [-0.39, 0.29) is 17.5 Å². The van der Waals surface area contributed by atoms with Crippen LogP contribution in [0.2, 0.25) is 0 Å². The second-order valence-corrected chi connectivity index (χ2v) is 7.60. The van der Waals surface area contributed by atoms with Crippen LogP contribution in [0.4, 0.5) is 5.82 Å². The van der Waals surface area contributed by atoms with Crippen LogP contribution in [0.3, 0.4) is 0 Å². The molecule has 1 N–H and O–H groups in total. The summed E-state index contributed by atoms with van der Waals surface area (Å²) in [4.78, 5) is 32.1. The maximum atomic E-state index is 12.9. The van der Waals surface area contributed by atoms with E-state index in [0.717, 1.165) is 0 Å². The monoisotopic (exact) mass is 386 g/mol. The molecule has 0 bridgehead atoms. The van der Waals surface area contributed by atoms with Crippen LogP contribution in [0.5, 0.6) is 0 Å². The summed E-state index contributed by atoms with van der Waals surface area (Å²) < 4.78 is 1.94. The van der Waals surface area contributed by atoms with E-state index in [0.29, 0.717) is 32.8 Å². The molecule has 2 aromatic rings. The third-order valence-electron chi connectivity index (χ3n) is 3.80. The van der Waals surface area contributed by atoms with Crippen molar-refractivity contribution in [2.24, 2.45) is 0 Å². The van der Waals surface area contributed by atoms with Crippen LogP contribution in [-0.2, 0) is 4.79 Å². The fourth-order valence-corrected chi connectivity index (χ4v) is 4.10. The molecule has 134 valence electrons. The van der Waals surface area contributed by atoms with Crippen molar-refractivity contribution in [2.75, 3.05) is 11.9 Å². The summed E-state index contributed by atoms with van der Waals surface area (Å²) in [6.07, 6.45) is 4.90. The van der Waals surface area contributed by atoms with Gasteiger partial charge in [-0.2, -0.15) is 0 Å². The number of hydrogen-bond donors (Lipinski definition) is 1. The predicted molar refractivity (Wildman–Crippen MR) is 110 cm³/mol. The molecule has 1 aliphatic rings. The van der Waals surface area contributed by atoms with Gasteiger partial charge in [-0.3, -0.25) is 18.9 Å². The maximum Gasteiger partial charge on any atom is 0.267 e. The minimum absolute atomic E-state index is 0.0393. The van der Waals surface area contributed by atoms with Gasteiger partial charge in [-0.25, -0.2) is 4.98 Å². The number of anilines is 1. The van der Waals surface area contributed by atoms with Crippen LogP contribution < -0.4 is 10.9 Å². The molecule has 0 spiro atoms. The Bertz CT molecular complexity index is 994. The fourth-order valence-electron chi connectivity index (χ4n) is 2.59. The van der Waals surface area contributed by atoms with Gasteiger partial charge in [-0.05, 0) is 32.1 Å². The van der Waals surface area contributed by atoms with Crippen molar-refractivity contribution in [2.45, 2.75) is 19.9 Å². The molecule has 3 rings (SSSR count). The fraction of sp³-hybridized carbons (Fsp3) is 0.222. The number of hydrogen-bond acceptors (Lipinski definition) is 6. The summed E-state index contributed by atoms with van der Waals surface area (Å²) in [5, 5.41) is 3.08. The van der Waals surface area contributed by atoms with Crippen LogP contribution >= 0.6 is 24.0 Å². The molecule has 2 aromatic heterocycles. The molecule has 8 heteroatoms. The third kappa shape index (κ3) is 3.30. The normalized spacial score (nSPS) is 16.1. The van der Waals surface area contributed by atoms with Crippen LogP contribution in [0.15, 0.2) is 46.8 Å². The number of thiocarbonyl (C=S) groups is 1. The molecular weight excluding hydrogens is 368 g/mol. The van der Waals surface area contributed by atoms with E-state index in [1.165, 1.54) is 16.2 Å². The van der Waals surface area contributed by atoms with E-state index in [1.54, 1.807) is 35.4 Å². The van der Waals surface area contributed by atoms with E-state index in [2.05, 4.69) is 16.9 Å². The number of thioether (sulfide) groups is 1. The summed E-state index contributed by atoms with van der Waals surface area (Å²) in [5.41, 5.74) is 0.590. The van der Waals surface area contributed by atoms with Crippen LogP contribution in [0.25, 0.3) is 11.7 Å². The molecule has 1 amide bonds. The van der Waals surface area contributed by atoms with Crippen molar-refractivity contribution >= 4 is 51.7 Å². The Balaban J connectivity index is 2.16. The lowest BCUT2D eigenvalue weighted by atomic mass is 10.2. The number of carbonyl (C=O) groups is 1. The standard InChI is InChI=1S/C18H18N4O2S2/c1-4-8-19-15-12(16(23)21-9-6-5-7-14(21)20-15)10-13-17(24)22(11(2)3)18(25)26-13/h4-7,9-11,19H,1,8H2,2-3H3/b13-10+. The Labute approximate surface area is 160 Å². The average Bonchev–Trinajstić information content (AvgIpc) is 2.89. The van der Waals surface area contributed by atoms with Gasteiger partial charge in [0.25, 0.3) is 11.5 Å². The van der Waals surface area contributed by atoms with Crippen LogP contribution in [0, 0.1) is 0 Å². The second-order valence-electron chi connectivity index (χ2n) is 5.92. The summed E-state index contributed by atoms with van der Waals surface area (Å²) in [6, 6.07) is 5.28. The van der Waals surface area contributed by atoms with Crippen LogP contribution in [-0.4, -0.2) is 37.1 Å². The number of aromatic nitrogens is 2. The predicted octanol–water partition coefficient (Wildman–Crippen LogP) is 2.90. The van der Waals surface area contributed by atoms with Gasteiger partial charge in [0.1, 0.15) is 15.8 Å². The van der Waals surface area contributed by atoms with E-state index in [9.17, 15) is 9.59 Å². The lowest BCUT2D eigenvalue weighted by Crippen LogP contribution is -2.34. The van der Waals surface area contributed by atoms with Crippen molar-refractivity contribution in [3.63, 3.8) is 0 Å². The summed E-state index contributed by atoms with van der Waals surface area (Å²) in [6.45, 7) is 7.92.